The van der Waals surface area contributed by atoms with E-state index in [-0.39, 0.29) is 23.4 Å². The molecule has 6 nitrogen and oxygen atoms in total. The zero-order chi connectivity index (χ0) is 22.2. The van der Waals surface area contributed by atoms with Gasteiger partial charge >= 0.3 is 5.97 Å². The van der Waals surface area contributed by atoms with Gasteiger partial charge in [0, 0.05) is 16.3 Å². The molecule has 0 bridgehead atoms. The summed E-state index contributed by atoms with van der Waals surface area (Å²) < 4.78 is 5.77. The van der Waals surface area contributed by atoms with Crippen molar-refractivity contribution >= 4 is 35.2 Å². The molecular formula is C24H17ClN2O4. The van der Waals surface area contributed by atoms with E-state index in [0.29, 0.717) is 16.3 Å². The third kappa shape index (κ3) is 5.95. The number of nitrogens with zero attached hydrogens (tertiary/aromatic N) is 1. The summed E-state index contributed by atoms with van der Waals surface area (Å²) >= 11 is 6.14. The maximum atomic E-state index is 12.5. The van der Waals surface area contributed by atoms with Gasteiger partial charge in [-0.3, -0.25) is 4.79 Å². The molecule has 0 atom stereocenters. The number of anilines is 1. The van der Waals surface area contributed by atoms with Crippen LogP contribution in [0.2, 0.25) is 5.02 Å². The Morgan fingerprint density at radius 3 is 2.58 bits per heavy atom. The van der Waals surface area contributed by atoms with Crippen LogP contribution in [0.3, 0.4) is 0 Å². The van der Waals surface area contributed by atoms with Gasteiger partial charge in [-0.15, -0.1) is 0 Å². The van der Waals surface area contributed by atoms with Crippen LogP contribution in [-0.4, -0.2) is 17.0 Å². The Morgan fingerprint density at radius 2 is 1.84 bits per heavy atom. The number of halogens is 1. The Kier molecular flexibility index (Phi) is 7.05. The van der Waals surface area contributed by atoms with Gasteiger partial charge in [-0.2, -0.15) is 5.26 Å². The zero-order valence-electron chi connectivity index (χ0n) is 16.2. The van der Waals surface area contributed by atoms with E-state index in [1.807, 2.05) is 24.3 Å². The number of aromatic carboxylic acids is 1. The van der Waals surface area contributed by atoms with Gasteiger partial charge in [0.2, 0.25) is 0 Å². The van der Waals surface area contributed by atoms with Crippen molar-refractivity contribution in [2.75, 3.05) is 5.32 Å². The van der Waals surface area contributed by atoms with Gasteiger partial charge in [0.05, 0.1) is 5.56 Å². The molecule has 3 aromatic rings. The number of ether oxygens (including phenoxy) is 1. The van der Waals surface area contributed by atoms with Crippen LogP contribution in [0.15, 0.2) is 78.4 Å². The van der Waals surface area contributed by atoms with Gasteiger partial charge in [-0.1, -0.05) is 48.0 Å². The van der Waals surface area contributed by atoms with Crippen molar-refractivity contribution in [2.45, 2.75) is 6.61 Å². The third-order valence-corrected chi connectivity index (χ3v) is 4.62. The second-order valence-corrected chi connectivity index (χ2v) is 6.87. The summed E-state index contributed by atoms with van der Waals surface area (Å²) in [6.45, 7) is 0.276. The Hall–Kier alpha value is -4.08. The maximum absolute atomic E-state index is 12.5. The Labute approximate surface area is 184 Å². The number of carbonyl (C=O) groups excluding carboxylic acids is 1. The molecule has 0 radical (unpaired) electrons. The number of amides is 1. The number of nitrogens with one attached hydrogen (secondary N) is 1. The highest BCUT2D eigenvalue weighted by Gasteiger charge is 2.11. The van der Waals surface area contributed by atoms with Crippen molar-refractivity contribution in [3.63, 3.8) is 0 Å². The smallest absolute Gasteiger partial charge is 0.335 e. The number of carbonyl (C=O) groups is 2. The summed E-state index contributed by atoms with van der Waals surface area (Å²) in [5, 5.41) is 21.6. The molecule has 2 N–H and O–H groups in total. The fourth-order valence-electron chi connectivity index (χ4n) is 2.71. The summed E-state index contributed by atoms with van der Waals surface area (Å²) in [7, 11) is 0. The highest BCUT2D eigenvalue weighted by Crippen LogP contribution is 2.21. The van der Waals surface area contributed by atoms with E-state index in [0.717, 1.165) is 5.56 Å². The molecule has 7 heteroatoms. The standard InChI is InChI=1S/C24H17ClN2O4/c25-22-10-2-1-6-18(22)15-31-21-9-3-5-16(12-21)11-19(14-26)23(28)27-20-8-4-7-17(13-20)24(29)30/h1-13H,15H2,(H,27,28)(H,29,30)/b19-11+. The molecule has 154 valence electrons. The van der Waals surface area contributed by atoms with Crippen LogP contribution in [0.1, 0.15) is 21.5 Å². The van der Waals surface area contributed by atoms with E-state index in [9.17, 15) is 14.9 Å². The molecule has 0 unspecified atom stereocenters. The van der Waals surface area contributed by atoms with Crippen molar-refractivity contribution in [1.82, 2.24) is 0 Å². The summed E-state index contributed by atoms with van der Waals surface area (Å²) in [5.41, 5.74) is 1.61. The van der Waals surface area contributed by atoms with Gasteiger partial charge < -0.3 is 15.2 Å². The second-order valence-electron chi connectivity index (χ2n) is 6.46. The molecule has 1 amide bonds. The van der Waals surface area contributed by atoms with Gasteiger partial charge in [0.1, 0.15) is 24.0 Å². The van der Waals surface area contributed by atoms with Crippen LogP contribution in [0, 0.1) is 11.3 Å². The number of carboxylic acids is 1. The topological polar surface area (TPSA) is 99.4 Å². The van der Waals surface area contributed by atoms with Gasteiger partial charge in [-0.05, 0) is 48.0 Å². The van der Waals surface area contributed by atoms with E-state index in [4.69, 9.17) is 21.4 Å². The SMILES string of the molecule is N#C/C(=C\c1cccc(OCc2ccccc2Cl)c1)C(=O)Nc1cccc(C(=O)O)c1. The normalized spacial score (nSPS) is 10.8. The predicted molar refractivity (Wildman–Crippen MR) is 118 cm³/mol. The molecule has 3 rings (SSSR count). The summed E-state index contributed by atoms with van der Waals surface area (Å²) in [5.74, 6) is -1.20. The Bertz CT molecular complexity index is 1200. The summed E-state index contributed by atoms with van der Waals surface area (Å²) in [6.07, 6.45) is 1.43. The number of hydrogen-bond donors (Lipinski definition) is 2. The van der Waals surface area contributed by atoms with Gasteiger partial charge in [0.25, 0.3) is 5.91 Å². The highest BCUT2D eigenvalue weighted by molar-refractivity contribution is 6.31. The van der Waals surface area contributed by atoms with Crippen LogP contribution in [0.4, 0.5) is 5.69 Å². The lowest BCUT2D eigenvalue weighted by Crippen LogP contribution is -2.13. The van der Waals surface area contributed by atoms with Crippen molar-refractivity contribution in [1.29, 1.82) is 5.26 Å². The van der Waals surface area contributed by atoms with Crippen LogP contribution >= 0.6 is 11.6 Å². The molecule has 0 fully saturated rings. The molecule has 0 saturated carbocycles. The Balaban J connectivity index is 1.73. The molecule has 31 heavy (non-hydrogen) atoms. The molecule has 0 spiro atoms. The first-order valence-electron chi connectivity index (χ1n) is 9.19. The van der Waals surface area contributed by atoms with Crippen molar-refractivity contribution < 1.29 is 19.4 Å². The van der Waals surface area contributed by atoms with Gasteiger partial charge in [0.15, 0.2) is 0 Å². The zero-order valence-corrected chi connectivity index (χ0v) is 17.0. The van der Waals surface area contributed by atoms with Crippen LogP contribution in [0.5, 0.6) is 5.75 Å². The fraction of sp³-hybridized carbons (Fsp3) is 0.0417. The number of benzene rings is 3. The summed E-state index contributed by atoms with van der Waals surface area (Å²) in [6, 6.07) is 21.9. The largest absolute Gasteiger partial charge is 0.489 e. The molecule has 0 aliphatic heterocycles. The van der Waals surface area contributed by atoms with E-state index in [1.54, 1.807) is 36.4 Å². The first-order chi connectivity index (χ1) is 15.0. The van der Waals surface area contributed by atoms with E-state index in [2.05, 4.69) is 5.32 Å². The monoisotopic (exact) mass is 432 g/mol. The van der Waals surface area contributed by atoms with Crippen LogP contribution in [-0.2, 0) is 11.4 Å². The third-order valence-electron chi connectivity index (χ3n) is 4.25. The molecular weight excluding hydrogens is 416 g/mol. The molecule has 0 heterocycles. The lowest BCUT2D eigenvalue weighted by atomic mass is 10.1. The lowest BCUT2D eigenvalue weighted by Gasteiger charge is -2.09. The lowest BCUT2D eigenvalue weighted by molar-refractivity contribution is -0.112. The molecule has 3 aromatic carbocycles. The van der Waals surface area contributed by atoms with Crippen LogP contribution in [0.25, 0.3) is 6.08 Å². The van der Waals surface area contributed by atoms with Crippen molar-refractivity contribution in [3.8, 4) is 11.8 Å². The number of nitriles is 1. The minimum absolute atomic E-state index is 0.0312. The maximum Gasteiger partial charge on any atom is 0.335 e. The molecule has 0 saturated heterocycles. The van der Waals surface area contributed by atoms with E-state index in [1.165, 1.54) is 24.3 Å². The Morgan fingerprint density at radius 1 is 1.06 bits per heavy atom. The average Bonchev–Trinajstić information content (AvgIpc) is 2.77. The quantitative estimate of drug-likeness (QED) is 0.396. The predicted octanol–water partition coefficient (Wildman–Crippen LogP) is 5.16. The molecule has 0 aliphatic carbocycles. The van der Waals surface area contributed by atoms with Crippen molar-refractivity contribution in [2.24, 2.45) is 0 Å². The van der Waals surface area contributed by atoms with E-state index < -0.39 is 11.9 Å². The highest BCUT2D eigenvalue weighted by atomic mass is 35.5. The second kappa shape index (κ2) is 10.1. The number of rotatable bonds is 7. The number of hydrogen-bond acceptors (Lipinski definition) is 4. The first-order valence-corrected chi connectivity index (χ1v) is 9.57. The minimum Gasteiger partial charge on any atom is -0.489 e. The molecule has 0 aliphatic rings. The van der Waals surface area contributed by atoms with E-state index >= 15 is 0 Å². The fourth-order valence-corrected chi connectivity index (χ4v) is 2.90. The average molecular weight is 433 g/mol. The summed E-state index contributed by atoms with van der Waals surface area (Å²) in [4.78, 5) is 23.5. The van der Waals surface area contributed by atoms with Crippen LogP contribution < -0.4 is 10.1 Å². The first kappa shape index (κ1) is 21.6. The van der Waals surface area contributed by atoms with Gasteiger partial charge in [-0.25, -0.2) is 4.79 Å². The minimum atomic E-state index is -1.11. The molecule has 0 aromatic heterocycles. The number of carboxylic acid groups (broad SMARTS) is 1. The van der Waals surface area contributed by atoms with Crippen molar-refractivity contribution in [3.05, 3.63) is 100 Å².